The minimum absolute atomic E-state index is 0.895. The first-order chi connectivity index (χ1) is 5.91. The lowest BCUT2D eigenvalue weighted by atomic mass is 10.2. The summed E-state index contributed by atoms with van der Waals surface area (Å²) < 4.78 is 0. The lowest BCUT2D eigenvalue weighted by Gasteiger charge is -2.00. The molecule has 0 aromatic carbocycles. The maximum Gasteiger partial charge on any atom is 0.0146 e. The van der Waals surface area contributed by atoms with Gasteiger partial charge in [-0.1, -0.05) is 24.1 Å². The number of halogens is 1. The Labute approximate surface area is 84.9 Å². The molecule has 1 N–H and O–H groups in total. The molecule has 1 nitrogen and oxygen atoms in total. The maximum absolute atomic E-state index is 5.36. The second-order valence-corrected chi connectivity index (χ2v) is 3.86. The third-order valence-corrected chi connectivity index (χ3v) is 2.43. The summed E-state index contributed by atoms with van der Waals surface area (Å²) in [6, 6.07) is 0. The second kappa shape index (κ2) is 11.3. The Bertz CT molecular complexity index is 107. The summed E-state index contributed by atoms with van der Waals surface area (Å²) in [6.45, 7) is 2.00. The van der Waals surface area contributed by atoms with Crippen LogP contribution in [0.1, 0.15) is 19.3 Å². The molecule has 0 spiro atoms. The number of rotatable bonds is 8. The standard InChI is InChI=1S/C9H18ClNS/c1-12-9-4-2-3-7-11-8-5-6-10/h5-6,11H,2-4,7-9H2,1H3/b6-5+. The van der Waals surface area contributed by atoms with Gasteiger partial charge >= 0.3 is 0 Å². The van der Waals surface area contributed by atoms with E-state index in [2.05, 4.69) is 11.6 Å². The number of nitrogens with one attached hydrogen (secondary N) is 1. The molecule has 0 aromatic heterocycles. The van der Waals surface area contributed by atoms with Crippen LogP contribution in [0.4, 0.5) is 0 Å². The van der Waals surface area contributed by atoms with E-state index >= 15 is 0 Å². The lowest BCUT2D eigenvalue weighted by Crippen LogP contribution is -2.14. The van der Waals surface area contributed by atoms with Gasteiger partial charge in [0, 0.05) is 12.1 Å². The molecule has 0 saturated heterocycles. The summed E-state index contributed by atoms with van der Waals surface area (Å²) in [5, 5.41) is 3.29. The topological polar surface area (TPSA) is 12.0 Å². The van der Waals surface area contributed by atoms with Gasteiger partial charge in [-0.2, -0.15) is 11.8 Å². The largest absolute Gasteiger partial charge is 0.313 e. The lowest BCUT2D eigenvalue weighted by molar-refractivity contribution is 0.649. The van der Waals surface area contributed by atoms with Gasteiger partial charge in [0.25, 0.3) is 0 Å². The van der Waals surface area contributed by atoms with E-state index in [4.69, 9.17) is 11.6 Å². The molecule has 0 fully saturated rings. The van der Waals surface area contributed by atoms with Gasteiger partial charge in [-0.05, 0) is 31.4 Å². The van der Waals surface area contributed by atoms with Crippen LogP contribution < -0.4 is 5.32 Å². The smallest absolute Gasteiger partial charge is 0.0146 e. The molecule has 0 aliphatic carbocycles. The zero-order valence-corrected chi connectivity index (χ0v) is 9.26. The van der Waals surface area contributed by atoms with Crippen molar-refractivity contribution in [3.63, 3.8) is 0 Å². The molecule has 3 heteroatoms. The highest BCUT2D eigenvalue weighted by Gasteiger charge is 1.87. The van der Waals surface area contributed by atoms with Crippen molar-refractivity contribution < 1.29 is 0 Å². The maximum atomic E-state index is 5.36. The summed E-state index contributed by atoms with van der Waals surface area (Å²) in [5.74, 6) is 1.29. The van der Waals surface area contributed by atoms with Gasteiger partial charge in [0.2, 0.25) is 0 Å². The molecule has 0 saturated carbocycles. The molecule has 0 rings (SSSR count). The normalized spacial score (nSPS) is 11.2. The van der Waals surface area contributed by atoms with Gasteiger partial charge in [-0.25, -0.2) is 0 Å². The third-order valence-electron chi connectivity index (χ3n) is 1.55. The summed E-state index contributed by atoms with van der Waals surface area (Å²) in [4.78, 5) is 0. The van der Waals surface area contributed by atoms with Gasteiger partial charge in [0.05, 0.1) is 0 Å². The number of hydrogen-bond donors (Lipinski definition) is 1. The molecular formula is C9H18ClNS. The van der Waals surface area contributed by atoms with E-state index in [1.807, 2.05) is 17.8 Å². The van der Waals surface area contributed by atoms with Crippen molar-refractivity contribution in [3.8, 4) is 0 Å². The van der Waals surface area contributed by atoms with Crippen molar-refractivity contribution in [3.05, 3.63) is 11.6 Å². The van der Waals surface area contributed by atoms with E-state index in [0.29, 0.717) is 0 Å². The average molecular weight is 208 g/mol. The molecule has 0 unspecified atom stereocenters. The number of hydrogen-bond acceptors (Lipinski definition) is 2. The Morgan fingerprint density at radius 1 is 1.33 bits per heavy atom. The van der Waals surface area contributed by atoms with E-state index in [0.717, 1.165) is 13.1 Å². The fourth-order valence-electron chi connectivity index (χ4n) is 0.903. The molecule has 0 atom stereocenters. The van der Waals surface area contributed by atoms with Crippen molar-refractivity contribution in [2.45, 2.75) is 19.3 Å². The van der Waals surface area contributed by atoms with Crippen molar-refractivity contribution in [1.29, 1.82) is 0 Å². The van der Waals surface area contributed by atoms with Crippen LogP contribution >= 0.6 is 23.4 Å². The van der Waals surface area contributed by atoms with Crippen LogP contribution in [0.2, 0.25) is 0 Å². The summed E-state index contributed by atoms with van der Waals surface area (Å²) in [7, 11) is 0. The summed E-state index contributed by atoms with van der Waals surface area (Å²) in [5.41, 5.74) is 1.56. The molecule has 0 aromatic rings. The van der Waals surface area contributed by atoms with Crippen LogP contribution in [0.5, 0.6) is 0 Å². The van der Waals surface area contributed by atoms with Gasteiger partial charge < -0.3 is 5.32 Å². The van der Waals surface area contributed by atoms with Crippen LogP contribution in [0, 0.1) is 0 Å². The van der Waals surface area contributed by atoms with Crippen LogP contribution in [-0.4, -0.2) is 25.1 Å². The highest BCUT2D eigenvalue weighted by atomic mass is 35.5. The van der Waals surface area contributed by atoms with Gasteiger partial charge in [0.15, 0.2) is 0 Å². The number of unbranched alkanes of at least 4 members (excludes halogenated alkanes) is 2. The van der Waals surface area contributed by atoms with Crippen LogP contribution in [0.25, 0.3) is 0 Å². The molecule has 0 aliphatic rings. The van der Waals surface area contributed by atoms with Crippen molar-refractivity contribution in [1.82, 2.24) is 5.32 Å². The number of thioether (sulfide) groups is 1. The molecule has 0 heterocycles. The van der Waals surface area contributed by atoms with E-state index in [1.54, 1.807) is 5.54 Å². The zero-order valence-electron chi connectivity index (χ0n) is 7.68. The molecule has 0 bridgehead atoms. The minimum Gasteiger partial charge on any atom is -0.313 e. The average Bonchev–Trinajstić information content (AvgIpc) is 2.10. The van der Waals surface area contributed by atoms with E-state index in [-0.39, 0.29) is 0 Å². The molecule has 0 amide bonds. The predicted octanol–water partition coefficient (Wildman–Crippen LogP) is 2.86. The Kier molecular flexibility index (Phi) is 11.7. The first kappa shape index (κ1) is 12.3. The van der Waals surface area contributed by atoms with E-state index < -0.39 is 0 Å². The molecule has 0 radical (unpaired) electrons. The summed E-state index contributed by atoms with van der Waals surface area (Å²) >= 11 is 7.28. The van der Waals surface area contributed by atoms with E-state index in [1.165, 1.54) is 25.0 Å². The highest BCUT2D eigenvalue weighted by molar-refractivity contribution is 7.98. The van der Waals surface area contributed by atoms with Gasteiger partial charge in [0.1, 0.15) is 0 Å². The third kappa shape index (κ3) is 10.3. The minimum atomic E-state index is 0.895. The van der Waals surface area contributed by atoms with Crippen LogP contribution in [-0.2, 0) is 0 Å². The van der Waals surface area contributed by atoms with Crippen molar-refractivity contribution in [2.24, 2.45) is 0 Å². The Balaban J connectivity index is 2.81. The highest BCUT2D eigenvalue weighted by Crippen LogP contribution is 2.00. The fraction of sp³-hybridized carbons (Fsp3) is 0.778. The monoisotopic (exact) mass is 207 g/mol. The van der Waals surface area contributed by atoms with E-state index in [9.17, 15) is 0 Å². The van der Waals surface area contributed by atoms with Gasteiger partial charge in [-0.3, -0.25) is 0 Å². The molecular weight excluding hydrogens is 190 g/mol. The summed E-state index contributed by atoms with van der Waals surface area (Å²) in [6.07, 6.45) is 8.02. The Morgan fingerprint density at radius 2 is 2.17 bits per heavy atom. The first-order valence-corrected chi connectivity index (χ1v) is 6.19. The Morgan fingerprint density at radius 3 is 2.83 bits per heavy atom. The molecule has 0 aliphatic heterocycles. The first-order valence-electron chi connectivity index (χ1n) is 4.36. The van der Waals surface area contributed by atoms with Crippen molar-refractivity contribution >= 4 is 23.4 Å². The predicted molar refractivity (Wildman–Crippen MR) is 60.1 cm³/mol. The second-order valence-electron chi connectivity index (χ2n) is 2.62. The SMILES string of the molecule is CSCCCCCNC/C=C/Cl. The molecule has 12 heavy (non-hydrogen) atoms. The van der Waals surface area contributed by atoms with Gasteiger partial charge in [-0.15, -0.1) is 0 Å². The fourth-order valence-corrected chi connectivity index (χ4v) is 1.49. The van der Waals surface area contributed by atoms with Crippen molar-refractivity contribution in [2.75, 3.05) is 25.1 Å². The van der Waals surface area contributed by atoms with Crippen LogP contribution in [0.3, 0.4) is 0 Å². The quantitative estimate of drug-likeness (QED) is 0.615. The van der Waals surface area contributed by atoms with Crippen LogP contribution in [0.15, 0.2) is 11.6 Å². The zero-order chi connectivity index (χ0) is 9.07. The molecule has 72 valence electrons. The Hall–Kier alpha value is 0.340.